The first kappa shape index (κ1) is 21.7. The lowest BCUT2D eigenvalue weighted by Crippen LogP contribution is -2.47. The maximum absolute atomic E-state index is 13.0. The highest BCUT2D eigenvalue weighted by molar-refractivity contribution is 7.21. The summed E-state index contributed by atoms with van der Waals surface area (Å²) in [5.74, 6) is -0.00240. The minimum absolute atomic E-state index is 0.0173. The van der Waals surface area contributed by atoms with Gasteiger partial charge in [-0.05, 0) is 37.8 Å². The Morgan fingerprint density at radius 3 is 2.94 bits per heavy atom. The van der Waals surface area contributed by atoms with Crippen LogP contribution in [0.15, 0.2) is 18.3 Å². The summed E-state index contributed by atoms with van der Waals surface area (Å²) in [5.41, 5.74) is 16.5. The molecule has 3 aromatic heterocycles. The lowest BCUT2D eigenvalue weighted by molar-refractivity contribution is -0.147. The summed E-state index contributed by atoms with van der Waals surface area (Å²) < 4.78 is 11.7. The molecule has 5 heterocycles. The van der Waals surface area contributed by atoms with Gasteiger partial charge in [-0.1, -0.05) is 6.07 Å². The second-order valence-electron chi connectivity index (χ2n) is 9.19. The van der Waals surface area contributed by atoms with Gasteiger partial charge in [-0.2, -0.15) is 0 Å². The highest BCUT2D eigenvalue weighted by Crippen LogP contribution is 2.34. The minimum atomic E-state index is -0.717. The van der Waals surface area contributed by atoms with Crippen LogP contribution in [0.3, 0.4) is 0 Å². The number of amides is 1. The van der Waals surface area contributed by atoms with E-state index in [4.69, 9.17) is 25.9 Å². The Morgan fingerprint density at radius 1 is 1.29 bits per heavy atom. The minimum Gasteiger partial charge on any atom is -0.396 e. The molecule has 2 fully saturated rings. The van der Waals surface area contributed by atoms with E-state index < -0.39 is 5.79 Å². The Labute approximate surface area is 200 Å². The molecular weight excluding hydrogens is 454 g/mol. The van der Waals surface area contributed by atoms with Crippen LogP contribution in [0.5, 0.6) is 0 Å². The maximum Gasteiger partial charge on any atom is 0.263 e. The number of thiophene rings is 1. The summed E-state index contributed by atoms with van der Waals surface area (Å²) in [7, 11) is 0. The van der Waals surface area contributed by atoms with Crippen LogP contribution >= 0.6 is 11.3 Å². The topological polar surface area (TPSA) is 142 Å². The number of aromatic nitrogens is 3. The SMILES string of the molecule is Cc1cnc2c(N)c(C(=O)N[C@H]3CCc4nc(N5C[C@@H](N)C6(C5)OCCO6)ccc4C3)sc2n1. The van der Waals surface area contributed by atoms with Crippen LogP contribution in [-0.2, 0) is 22.3 Å². The number of nitrogens with one attached hydrogen (secondary N) is 1. The Balaban J connectivity index is 1.15. The van der Waals surface area contributed by atoms with Crippen molar-refractivity contribution in [3.8, 4) is 0 Å². The molecule has 1 spiro atoms. The monoisotopic (exact) mass is 481 g/mol. The molecule has 1 aliphatic carbocycles. The molecular formula is C23H27N7O3S. The van der Waals surface area contributed by atoms with E-state index in [9.17, 15) is 4.79 Å². The zero-order valence-corrected chi connectivity index (χ0v) is 19.7. The third-order valence-corrected chi connectivity index (χ3v) is 7.93. The van der Waals surface area contributed by atoms with Crippen molar-refractivity contribution in [3.05, 3.63) is 40.2 Å². The summed E-state index contributed by atoms with van der Waals surface area (Å²) in [6.07, 6.45) is 3.99. The summed E-state index contributed by atoms with van der Waals surface area (Å²) in [4.78, 5) is 30.0. The van der Waals surface area contributed by atoms with Crippen molar-refractivity contribution in [1.29, 1.82) is 0 Å². The van der Waals surface area contributed by atoms with E-state index in [1.54, 1.807) is 6.20 Å². The van der Waals surface area contributed by atoms with Crippen LogP contribution < -0.4 is 21.7 Å². The average Bonchev–Trinajstić information content (AvgIpc) is 3.52. The van der Waals surface area contributed by atoms with E-state index in [0.717, 1.165) is 42.0 Å². The number of carbonyl (C=O) groups is 1. The van der Waals surface area contributed by atoms with Gasteiger partial charge < -0.3 is 31.2 Å². The average molecular weight is 482 g/mol. The Bertz CT molecular complexity index is 1270. The van der Waals surface area contributed by atoms with Gasteiger partial charge in [0, 0.05) is 24.5 Å². The van der Waals surface area contributed by atoms with Crippen molar-refractivity contribution in [2.45, 2.75) is 44.1 Å². The molecule has 2 saturated heterocycles. The third kappa shape index (κ3) is 3.59. The second-order valence-corrected chi connectivity index (χ2v) is 10.2. The number of fused-ring (bicyclic) bond motifs is 2. The van der Waals surface area contributed by atoms with Gasteiger partial charge in [0.1, 0.15) is 21.0 Å². The number of anilines is 2. The van der Waals surface area contributed by atoms with Crippen molar-refractivity contribution >= 4 is 39.1 Å². The number of nitrogen functional groups attached to an aromatic ring is 1. The molecule has 34 heavy (non-hydrogen) atoms. The quantitative estimate of drug-likeness (QED) is 0.502. The largest absolute Gasteiger partial charge is 0.396 e. The fourth-order valence-electron chi connectivity index (χ4n) is 5.06. The van der Waals surface area contributed by atoms with Gasteiger partial charge in [0.15, 0.2) is 0 Å². The molecule has 3 aliphatic rings. The van der Waals surface area contributed by atoms with Gasteiger partial charge in [0.2, 0.25) is 5.79 Å². The summed E-state index contributed by atoms with van der Waals surface area (Å²) in [6.45, 7) is 4.24. The van der Waals surface area contributed by atoms with Crippen molar-refractivity contribution in [2.75, 3.05) is 36.9 Å². The van der Waals surface area contributed by atoms with E-state index in [2.05, 4.69) is 26.3 Å². The summed E-state index contributed by atoms with van der Waals surface area (Å²) in [6, 6.07) is 3.94. The van der Waals surface area contributed by atoms with Gasteiger partial charge in [0.05, 0.1) is 37.2 Å². The fourth-order valence-corrected chi connectivity index (χ4v) is 6.06. The number of rotatable bonds is 3. The molecule has 6 rings (SSSR count). The number of aryl methyl sites for hydroxylation is 2. The number of nitrogens with two attached hydrogens (primary N) is 2. The van der Waals surface area contributed by atoms with Crippen LogP contribution in [0.25, 0.3) is 10.3 Å². The molecule has 0 bridgehead atoms. The lowest BCUT2D eigenvalue weighted by atomic mass is 9.91. The Hall–Kier alpha value is -2.86. The van der Waals surface area contributed by atoms with E-state index in [-0.39, 0.29) is 18.0 Å². The van der Waals surface area contributed by atoms with Gasteiger partial charge in [-0.3, -0.25) is 4.79 Å². The van der Waals surface area contributed by atoms with Crippen LogP contribution in [0, 0.1) is 6.92 Å². The number of pyridine rings is 1. The molecule has 1 amide bonds. The molecule has 11 heteroatoms. The van der Waals surface area contributed by atoms with Crippen molar-refractivity contribution < 1.29 is 14.3 Å². The van der Waals surface area contributed by atoms with Gasteiger partial charge in [0.25, 0.3) is 5.91 Å². The first-order valence-electron chi connectivity index (χ1n) is 11.5. The molecule has 0 radical (unpaired) electrons. The van der Waals surface area contributed by atoms with E-state index >= 15 is 0 Å². The van der Waals surface area contributed by atoms with E-state index in [1.165, 1.54) is 11.3 Å². The highest BCUT2D eigenvalue weighted by atomic mass is 32.1. The molecule has 5 N–H and O–H groups in total. The number of nitrogens with zero attached hydrogens (tertiary/aromatic N) is 4. The molecule has 10 nitrogen and oxygen atoms in total. The van der Waals surface area contributed by atoms with Gasteiger partial charge in [-0.15, -0.1) is 11.3 Å². The number of hydrogen-bond acceptors (Lipinski definition) is 10. The number of hydrogen-bond donors (Lipinski definition) is 3. The predicted octanol–water partition coefficient (Wildman–Crippen LogP) is 1.15. The lowest BCUT2D eigenvalue weighted by Gasteiger charge is -2.27. The van der Waals surface area contributed by atoms with Gasteiger partial charge in [-0.25, -0.2) is 15.0 Å². The molecule has 178 valence electrons. The molecule has 3 aromatic rings. The third-order valence-electron chi connectivity index (χ3n) is 6.84. The predicted molar refractivity (Wildman–Crippen MR) is 129 cm³/mol. The standard InChI is InChI=1S/C23H27N7O3S/c1-12-9-26-19-18(25)20(34-22(19)27-12)21(31)28-14-3-4-15-13(8-14)2-5-17(29-15)30-10-16(24)23(11-30)32-6-7-33-23/h2,5,9,14,16H,3-4,6-8,10-11,24-25H2,1H3,(H,28,31)/t14-,16+/m0/s1. The maximum atomic E-state index is 13.0. The van der Waals surface area contributed by atoms with Crippen molar-refractivity contribution in [2.24, 2.45) is 5.73 Å². The van der Waals surface area contributed by atoms with E-state index in [1.807, 2.05) is 13.0 Å². The van der Waals surface area contributed by atoms with Crippen LogP contribution in [0.2, 0.25) is 0 Å². The number of ether oxygens (including phenoxy) is 2. The summed E-state index contributed by atoms with van der Waals surface area (Å²) >= 11 is 1.29. The molecule has 0 aromatic carbocycles. The van der Waals surface area contributed by atoms with Crippen molar-refractivity contribution in [1.82, 2.24) is 20.3 Å². The first-order valence-corrected chi connectivity index (χ1v) is 12.3. The zero-order chi connectivity index (χ0) is 23.4. The second kappa shape index (κ2) is 8.12. The Morgan fingerprint density at radius 2 is 2.12 bits per heavy atom. The van der Waals surface area contributed by atoms with Crippen LogP contribution in [0.4, 0.5) is 11.5 Å². The fraction of sp³-hybridized carbons (Fsp3) is 0.478. The highest BCUT2D eigenvalue weighted by Gasteiger charge is 2.50. The number of carbonyl (C=O) groups excluding carboxylic acids is 1. The Kier molecular flexibility index (Phi) is 5.17. The molecule has 2 aliphatic heterocycles. The first-order chi connectivity index (χ1) is 16.4. The van der Waals surface area contributed by atoms with Gasteiger partial charge >= 0.3 is 0 Å². The van der Waals surface area contributed by atoms with E-state index in [0.29, 0.717) is 47.2 Å². The molecule has 2 atom stereocenters. The summed E-state index contributed by atoms with van der Waals surface area (Å²) in [5, 5.41) is 3.15. The van der Waals surface area contributed by atoms with Crippen molar-refractivity contribution in [3.63, 3.8) is 0 Å². The smallest absolute Gasteiger partial charge is 0.263 e. The molecule has 0 unspecified atom stereocenters. The normalized spacial score (nSPS) is 23.5. The van der Waals surface area contributed by atoms with Crippen LogP contribution in [-0.4, -0.2) is 65.0 Å². The van der Waals surface area contributed by atoms with Crippen LogP contribution in [0.1, 0.15) is 33.0 Å². The molecule has 0 saturated carbocycles. The zero-order valence-electron chi connectivity index (χ0n) is 18.9.